The lowest BCUT2D eigenvalue weighted by Crippen LogP contribution is -2.46. The molecule has 0 spiro atoms. The maximum atomic E-state index is 12.3. The van der Waals surface area contributed by atoms with Gasteiger partial charge in [0.05, 0.1) is 0 Å². The number of nitrogens with zero attached hydrogens (tertiary/aromatic N) is 3. The molecule has 0 aliphatic carbocycles. The van der Waals surface area contributed by atoms with Gasteiger partial charge in [0.2, 0.25) is 5.95 Å². The van der Waals surface area contributed by atoms with E-state index in [9.17, 15) is 4.79 Å². The molecule has 0 saturated carbocycles. The van der Waals surface area contributed by atoms with E-state index >= 15 is 0 Å². The van der Waals surface area contributed by atoms with Gasteiger partial charge in [0, 0.05) is 48.1 Å². The Kier molecular flexibility index (Phi) is 5.94. The largest absolute Gasteiger partial charge is 0.351 e. The summed E-state index contributed by atoms with van der Waals surface area (Å²) >= 11 is 12.0. The number of hydrogen-bond donors (Lipinski definition) is 2. The molecule has 25 heavy (non-hydrogen) atoms. The standard InChI is InChI=1S/C17H19Cl2N5O/c18-13-3-2-12(15(19)10-13)11-22-17(25)24-8-4-14(5-9-24)23-16-20-6-1-7-21-16/h1-3,6-7,10,14H,4-5,8-9,11H2,(H,22,25)(H,20,21,23). The van der Waals surface area contributed by atoms with Crippen LogP contribution in [0.3, 0.4) is 0 Å². The van der Waals surface area contributed by atoms with Crippen LogP contribution in [0.5, 0.6) is 0 Å². The minimum atomic E-state index is -0.0829. The zero-order valence-corrected chi connectivity index (χ0v) is 15.1. The molecule has 6 nitrogen and oxygen atoms in total. The van der Waals surface area contributed by atoms with Crippen molar-refractivity contribution in [2.45, 2.75) is 25.4 Å². The Hall–Kier alpha value is -2.05. The summed E-state index contributed by atoms with van der Waals surface area (Å²) in [5.41, 5.74) is 0.845. The highest BCUT2D eigenvalue weighted by atomic mass is 35.5. The number of carbonyl (C=O) groups is 1. The fraction of sp³-hybridized carbons (Fsp3) is 0.353. The van der Waals surface area contributed by atoms with E-state index in [2.05, 4.69) is 20.6 Å². The summed E-state index contributed by atoms with van der Waals surface area (Å²) in [6.07, 6.45) is 5.13. The molecule has 1 fully saturated rings. The number of benzene rings is 1. The summed E-state index contributed by atoms with van der Waals surface area (Å²) in [4.78, 5) is 22.5. The number of likely N-dealkylation sites (tertiary alicyclic amines) is 1. The third-order valence-electron chi connectivity index (χ3n) is 4.13. The monoisotopic (exact) mass is 379 g/mol. The average Bonchev–Trinajstić information content (AvgIpc) is 2.62. The highest BCUT2D eigenvalue weighted by Crippen LogP contribution is 2.21. The Morgan fingerprint density at radius 2 is 1.92 bits per heavy atom. The first kappa shape index (κ1) is 17.8. The minimum absolute atomic E-state index is 0.0829. The second kappa shape index (κ2) is 8.36. The number of urea groups is 1. The number of rotatable bonds is 4. The molecule has 2 N–H and O–H groups in total. The molecule has 2 amide bonds. The maximum Gasteiger partial charge on any atom is 0.317 e. The van der Waals surface area contributed by atoms with Crippen molar-refractivity contribution in [3.8, 4) is 0 Å². The predicted octanol–water partition coefficient (Wildman–Crippen LogP) is 3.57. The van der Waals surface area contributed by atoms with E-state index in [0.717, 1.165) is 18.4 Å². The van der Waals surface area contributed by atoms with Gasteiger partial charge in [0.15, 0.2) is 0 Å². The lowest BCUT2D eigenvalue weighted by molar-refractivity contribution is 0.183. The van der Waals surface area contributed by atoms with Gasteiger partial charge in [-0.05, 0) is 36.6 Å². The molecule has 0 atom stereocenters. The van der Waals surface area contributed by atoms with Crippen molar-refractivity contribution in [3.63, 3.8) is 0 Å². The Balaban J connectivity index is 1.45. The van der Waals surface area contributed by atoms with Gasteiger partial charge < -0.3 is 15.5 Å². The quantitative estimate of drug-likeness (QED) is 0.851. The Morgan fingerprint density at radius 3 is 2.60 bits per heavy atom. The van der Waals surface area contributed by atoms with Gasteiger partial charge in [-0.25, -0.2) is 14.8 Å². The fourth-order valence-electron chi connectivity index (χ4n) is 2.73. The Morgan fingerprint density at radius 1 is 1.20 bits per heavy atom. The molecule has 1 saturated heterocycles. The van der Waals surface area contributed by atoms with Gasteiger partial charge in [-0.15, -0.1) is 0 Å². The minimum Gasteiger partial charge on any atom is -0.351 e. The van der Waals surface area contributed by atoms with Crippen LogP contribution >= 0.6 is 23.2 Å². The van der Waals surface area contributed by atoms with E-state index in [1.54, 1.807) is 30.6 Å². The summed E-state index contributed by atoms with van der Waals surface area (Å²) in [5, 5.41) is 7.34. The third-order valence-corrected chi connectivity index (χ3v) is 4.71. The van der Waals surface area contributed by atoms with Crippen LogP contribution in [-0.2, 0) is 6.54 Å². The molecule has 1 aliphatic heterocycles. The van der Waals surface area contributed by atoms with Gasteiger partial charge in [-0.1, -0.05) is 29.3 Å². The molecule has 2 aromatic rings. The number of hydrogen-bond acceptors (Lipinski definition) is 4. The number of aromatic nitrogens is 2. The summed E-state index contributed by atoms with van der Waals surface area (Å²) < 4.78 is 0. The van der Waals surface area contributed by atoms with Crippen LogP contribution in [0.4, 0.5) is 10.7 Å². The molecular formula is C17H19Cl2N5O. The lowest BCUT2D eigenvalue weighted by Gasteiger charge is -2.32. The van der Waals surface area contributed by atoms with E-state index in [1.165, 1.54) is 0 Å². The van der Waals surface area contributed by atoms with Crippen LogP contribution in [0.1, 0.15) is 18.4 Å². The van der Waals surface area contributed by atoms with Gasteiger partial charge in [-0.3, -0.25) is 0 Å². The molecule has 0 radical (unpaired) electrons. The summed E-state index contributed by atoms with van der Waals surface area (Å²) in [5.74, 6) is 0.628. The zero-order chi connectivity index (χ0) is 17.6. The van der Waals surface area contributed by atoms with Gasteiger partial charge in [0.1, 0.15) is 0 Å². The van der Waals surface area contributed by atoms with Crippen molar-refractivity contribution in [1.82, 2.24) is 20.2 Å². The van der Waals surface area contributed by atoms with Gasteiger partial charge in [0.25, 0.3) is 0 Å². The number of piperidine rings is 1. The fourth-order valence-corrected chi connectivity index (χ4v) is 3.21. The number of nitrogens with one attached hydrogen (secondary N) is 2. The zero-order valence-electron chi connectivity index (χ0n) is 13.6. The summed E-state index contributed by atoms with van der Waals surface area (Å²) in [7, 11) is 0. The smallest absolute Gasteiger partial charge is 0.317 e. The molecule has 132 valence electrons. The summed E-state index contributed by atoms with van der Waals surface area (Å²) in [6, 6.07) is 7.23. The van der Waals surface area contributed by atoms with Crippen LogP contribution in [-0.4, -0.2) is 40.0 Å². The second-order valence-corrected chi connectivity index (χ2v) is 6.72. The molecule has 1 aromatic carbocycles. The highest BCUT2D eigenvalue weighted by molar-refractivity contribution is 6.35. The van der Waals surface area contributed by atoms with Crippen molar-refractivity contribution >= 4 is 35.2 Å². The molecule has 1 aliphatic rings. The van der Waals surface area contributed by atoms with Crippen molar-refractivity contribution in [1.29, 1.82) is 0 Å². The van der Waals surface area contributed by atoms with E-state index in [1.807, 2.05) is 11.0 Å². The second-order valence-electron chi connectivity index (χ2n) is 5.87. The van der Waals surface area contributed by atoms with Gasteiger partial charge >= 0.3 is 6.03 Å². The van der Waals surface area contributed by atoms with Crippen molar-refractivity contribution in [2.75, 3.05) is 18.4 Å². The SMILES string of the molecule is O=C(NCc1ccc(Cl)cc1Cl)N1CCC(Nc2ncccn2)CC1. The van der Waals surface area contributed by atoms with E-state index in [-0.39, 0.29) is 12.1 Å². The number of halogens is 2. The van der Waals surface area contributed by atoms with Crippen LogP contribution in [0.2, 0.25) is 10.0 Å². The molecule has 0 unspecified atom stereocenters. The molecule has 3 rings (SSSR count). The molecule has 1 aromatic heterocycles. The number of anilines is 1. The first-order valence-corrected chi connectivity index (χ1v) is 8.87. The average molecular weight is 380 g/mol. The lowest BCUT2D eigenvalue weighted by atomic mass is 10.1. The van der Waals surface area contributed by atoms with E-state index < -0.39 is 0 Å². The summed E-state index contributed by atoms with van der Waals surface area (Å²) in [6.45, 7) is 1.75. The van der Waals surface area contributed by atoms with Crippen molar-refractivity contribution < 1.29 is 4.79 Å². The first-order chi connectivity index (χ1) is 12.1. The molecule has 0 bridgehead atoms. The molecule has 8 heteroatoms. The Labute approximate surface area is 156 Å². The van der Waals surface area contributed by atoms with Crippen LogP contribution in [0, 0.1) is 0 Å². The number of amides is 2. The van der Waals surface area contributed by atoms with Crippen LogP contribution in [0.25, 0.3) is 0 Å². The topological polar surface area (TPSA) is 70.2 Å². The first-order valence-electron chi connectivity index (χ1n) is 8.12. The van der Waals surface area contributed by atoms with E-state index in [4.69, 9.17) is 23.2 Å². The predicted molar refractivity (Wildman–Crippen MR) is 98.9 cm³/mol. The van der Waals surface area contributed by atoms with Crippen LogP contribution < -0.4 is 10.6 Å². The normalized spacial score (nSPS) is 15.0. The maximum absolute atomic E-state index is 12.3. The third kappa shape index (κ3) is 4.96. The highest BCUT2D eigenvalue weighted by Gasteiger charge is 2.23. The van der Waals surface area contributed by atoms with Crippen LogP contribution in [0.15, 0.2) is 36.7 Å². The van der Waals surface area contributed by atoms with E-state index in [0.29, 0.717) is 35.6 Å². The molecule has 2 heterocycles. The van der Waals surface area contributed by atoms with Crippen molar-refractivity contribution in [3.05, 3.63) is 52.3 Å². The molecular weight excluding hydrogens is 361 g/mol. The van der Waals surface area contributed by atoms with Crippen molar-refractivity contribution in [2.24, 2.45) is 0 Å². The number of carbonyl (C=O) groups excluding carboxylic acids is 1. The van der Waals surface area contributed by atoms with Gasteiger partial charge in [-0.2, -0.15) is 0 Å². The Bertz CT molecular complexity index is 720.